The molecular formula is C17H18O2Si. The standard InChI is InChI=1S/C17H18O2Si/c1-20(14-8-4-2-5-9-14,15-10-6-3-7-11-15)17(12-13-17)16(18)19/h2-11H,12-13H2,1H3,(H,18,19). The predicted octanol–water partition coefficient (Wildman–Crippen LogP) is 2.50. The van der Waals surface area contributed by atoms with E-state index >= 15 is 0 Å². The summed E-state index contributed by atoms with van der Waals surface area (Å²) in [5, 5.41) is 11.7. The molecule has 0 aromatic heterocycles. The summed E-state index contributed by atoms with van der Waals surface area (Å²) < 4.78 is 0. The molecule has 0 bridgehead atoms. The van der Waals surface area contributed by atoms with Crippen molar-refractivity contribution in [2.45, 2.75) is 24.4 Å². The SMILES string of the molecule is C[Si](c1ccccc1)(c1ccccc1)C1(C(=O)O)CC1. The van der Waals surface area contributed by atoms with Gasteiger partial charge in [0.25, 0.3) is 0 Å². The zero-order valence-corrected chi connectivity index (χ0v) is 12.5. The van der Waals surface area contributed by atoms with Crippen LogP contribution in [-0.4, -0.2) is 19.1 Å². The highest BCUT2D eigenvalue weighted by Gasteiger charge is 2.65. The molecule has 1 aliphatic carbocycles. The largest absolute Gasteiger partial charge is 0.481 e. The maximum atomic E-state index is 11.9. The van der Waals surface area contributed by atoms with E-state index in [0.717, 1.165) is 12.8 Å². The van der Waals surface area contributed by atoms with Crippen LogP contribution in [0.25, 0.3) is 0 Å². The third kappa shape index (κ3) is 1.73. The van der Waals surface area contributed by atoms with Crippen molar-refractivity contribution in [2.24, 2.45) is 0 Å². The number of hydrogen-bond acceptors (Lipinski definition) is 1. The van der Waals surface area contributed by atoms with Gasteiger partial charge < -0.3 is 5.11 Å². The van der Waals surface area contributed by atoms with E-state index in [0.29, 0.717) is 0 Å². The number of hydrogen-bond donors (Lipinski definition) is 1. The highest BCUT2D eigenvalue weighted by molar-refractivity contribution is 7.06. The molecule has 1 aliphatic rings. The Morgan fingerprint density at radius 1 is 0.950 bits per heavy atom. The Hall–Kier alpha value is -1.87. The summed E-state index contributed by atoms with van der Waals surface area (Å²) in [6, 6.07) is 20.4. The van der Waals surface area contributed by atoms with E-state index in [1.165, 1.54) is 10.4 Å². The van der Waals surface area contributed by atoms with Crippen LogP contribution in [0.15, 0.2) is 60.7 Å². The Morgan fingerprint density at radius 3 is 1.65 bits per heavy atom. The Bertz CT molecular complexity index is 578. The van der Waals surface area contributed by atoms with Gasteiger partial charge in [0.15, 0.2) is 0 Å². The highest BCUT2D eigenvalue weighted by Crippen LogP contribution is 2.60. The van der Waals surface area contributed by atoms with E-state index in [9.17, 15) is 9.90 Å². The summed E-state index contributed by atoms with van der Waals surface area (Å²) in [7, 11) is -2.28. The van der Waals surface area contributed by atoms with Gasteiger partial charge >= 0.3 is 5.97 Å². The van der Waals surface area contributed by atoms with Crippen LogP contribution in [0.3, 0.4) is 0 Å². The first-order valence-corrected chi connectivity index (χ1v) is 9.46. The van der Waals surface area contributed by atoms with Crippen molar-refractivity contribution in [1.82, 2.24) is 0 Å². The summed E-state index contributed by atoms with van der Waals surface area (Å²) in [6.07, 6.45) is 1.60. The van der Waals surface area contributed by atoms with Gasteiger partial charge in [-0.3, -0.25) is 4.79 Å². The highest BCUT2D eigenvalue weighted by atomic mass is 28.3. The fourth-order valence-electron chi connectivity index (χ4n) is 3.31. The van der Waals surface area contributed by atoms with Crippen LogP contribution in [0.1, 0.15) is 12.8 Å². The fourth-order valence-corrected chi connectivity index (χ4v) is 8.02. The zero-order chi connectivity index (χ0) is 14.2. The number of carboxylic acids is 1. The predicted molar refractivity (Wildman–Crippen MR) is 83.3 cm³/mol. The van der Waals surface area contributed by atoms with E-state index in [1.807, 2.05) is 36.4 Å². The zero-order valence-electron chi connectivity index (χ0n) is 11.5. The Balaban J connectivity index is 2.22. The summed E-state index contributed by atoms with van der Waals surface area (Å²) in [4.78, 5) is 11.9. The van der Waals surface area contributed by atoms with Gasteiger partial charge in [-0.1, -0.05) is 77.6 Å². The van der Waals surface area contributed by atoms with Crippen LogP contribution in [0.2, 0.25) is 11.6 Å². The lowest BCUT2D eigenvalue weighted by atomic mass is 10.3. The number of carbonyl (C=O) groups is 1. The van der Waals surface area contributed by atoms with E-state index in [4.69, 9.17) is 0 Å². The average Bonchev–Trinajstić information content (AvgIpc) is 3.30. The van der Waals surface area contributed by atoms with E-state index < -0.39 is 19.1 Å². The molecule has 1 fully saturated rings. The molecule has 1 N–H and O–H groups in total. The third-order valence-electron chi connectivity index (χ3n) is 4.82. The molecule has 3 heteroatoms. The second-order valence-corrected chi connectivity index (χ2v) is 10.1. The molecular weight excluding hydrogens is 264 g/mol. The molecule has 20 heavy (non-hydrogen) atoms. The second kappa shape index (κ2) is 4.60. The number of carboxylic acid groups (broad SMARTS) is 1. The molecule has 0 spiro atoms. The maximum absolute atomic E-state index is 11.9. The quantitative estimate of drug-likeness (QED) is 0.875. The summed E-state index contributed by atoms with van der Waals surface area (Å²) in [5.41, 5.74) is 0. The average molecular weight is 282 g/mol. The molecule has 0 unspecified atom stereocenters. The molecule has 0 atom stereocenters. The second-order valence-electron chi connectivity index (χ2n) is 5.74. The summed E-state index contributed by atoms with van der Waals surface area (Å²) in [5.74, 6) is -0.626. The first-order chi connectivity index (χ1) is 9.61. The smallest absolute Gasteiger partial charge is 0.307 e. The minimum atomic E-state index is -2.28. The van der Waals surface area contributed by atoms with E-state index in [1.54, 1.807) is 0 Å². The molecule has 2 aromatic rings. The van der Waals surface area contributed by atoms with Gasteiger partial charge in [0.05, 0.1) is 5.04 Å². The van der Waals surface area contributed by atoms with Gasteiger partial charge in [0, 0.05) is 0 Å². The minimum Gasteiger partial charge on any atom is -0.481 e. The Labute approximate surface area is 120 Å². The molecule has 0 radical (unpaired) electrons. The van der Waals surface area contributed by atoms with Crippen LogP contribution < -0.4 is 10.4 Å². The van der Waals surface area contributed by atoms with Crippen LogP contribution in [-0.2, 0) is 4.79 Å². The van der Waals surface area contributed by atoms with Crippen molar-refractivity contribution in [3.8, 4) is 0 Å². The van der Waals surface area contributed by atoms with Gasteiger partial charge in [-0.2, -0.15) is 0 Å². The molecule has 3 rings (SSSR count). The monoisotopic (exact) mass is 282 g/mol. The van der Waals surface area contributed by atoms with Gasteiger partial charge in [0.2, 0.25) is 0 Å². The minimum absolute atomic E-state index is 0.532. The van der Waals surface area contributed by atoms with Crippen LogP contribution in [0, 0.1) is 0 Å². The van der Waals surface area contributed by atoms with Crippen LogP contribution in [0.5, 0.6) is 0 Å². The topological polar surface area (TPSA) is 37.3 Å². The van der Waals surface area contributed by atoms with Crippen molar-refractivity contribution in [1.29, 1.82) is 0 Å². The molecule has 0 aliphatic heterocycles. The fraction of sp³-hybridized carbons (Fsp3) is 0.235. The van der Waals surface area contributed by atoms with Crippen molar-refractivity contribution in [3.63, 3.8) is 0 Å². The van der Waals surface area contributed by atoms with Crippen molar-refractivity contribution >= 4 is 24.4 Å². The van der Waals surface area contributed by atoms with Crippen LogP contribution >= 0.6 is 0 Å². The normalized spacial score (nSPS) is 16.6. The Morgan fingerprint density at radius 2 is 1.35 bits per heavy atom. The first kappa shape index (κ1) is 13.1. The van der Waals surface area contributed by atoms with Gasteiger partial charge in [0.1, 0.15) is 8.07 Å². The van der Waals surface area contributed by atoms with Crippen LogP contribution in [0.4, 0.5) is 0 Å². The number of rotatable bonds is 4. The molecule has 2 nitrogen and oxygen atoms in total. The van der Waals surface area contributed by atoms with Crippen molar-refractivity contribution < 1.29 is 9.90 Å². The Kier molecular flexibility index (Phi) is 3.02. The molecule has 0 amide bonds. The maximum Gasteiger partial charge on any atom is 0.307 e. The van der Waals surface area contributed by atoms with Gasteiger partial charge in [-0.15, -0.1) is 0 Å². The molecule has 2 aromatic carbocycles. The summed E-state index contributed by atoms with van der Waals surface area (Å²) >= 11 is 0. The first-order valence-electron chi connectivity index (χ1n) is 6.96. The summed E-state index contributed by atoms with van der Waals surface area (Å²) in [6.45, 7) is 2.21. The molecule has 1 saturated carbocycles. The van der Waals surface area contributed by atoms with Crippen molar-refractivity contribution in [2.75, 3.05) is 0 Å². The molecule has 0 heterocycles. The molecule has 0 saturated heterocycles. The third-order valence-corrected chi connectivity index (χ3v) is 10.4. The van der Waals surface area contributed by atoms with Gasteiger partial charge in [-0.05, 0) is 12.8 Å². The number of aliphatic carboxylic acids is 1. The van der Waals surface area contributed by atoms with E-state index in [-0.39, 0.29) is 0 Å². The molecule has 102 valence electrons. The van der Waals surface area contributed by atoms with E-state index in [2.05, 4.69) is 30.8 Å². The lowest BCUT2D eigenvalue weighted by Gasteiger charge is -2.34. The lowest BCUT2D eigenvalue weighted by molar-refractivity contribution is -0.137. The number of benzene rings is 2. The van der Waals surface area contributed by atoms with Gasteiger partial charge in [-0.25, -0.2) is 0 Å². The van der Waals surface area contributed by atoms with Crippen molar-refractivity contribution in [3.05, 3.63) is 60.7 Å². The lowest BCUT2D eigenvalue weighted by Crippen LogP contribution is -2.62.